The van der Waals surface area contributed by atoms with E-state index in [2.05, 4.69) is 20.9 Å². The predicted octanol–water partition coefficient (Wildman–Crippen LogP) is 0.735. The van der Waals surface area contributed by atoms with Crippen LogP contribution in [0.3, 0.4) is 0 Å². The first-order chi connectivity index (χ1) is 16.7. The summed E-state index contributed by atoms with van der Waals surface area (Å²) in [5.41, 5.74) is 5.89. The Kier molecular flexibility index (Phi) is 9.34. The number of halogens is 3. The minimum atomic E-state index is -0.858. The van der Waals surface area contributed by atoms with Crippen LogP contribution in [0.5, 0.6) is 0 Å². The number of nitrogens with zero attached hydrogens (tertiary/aromatic N) is 5. The molecule has 0 spiro atoms. The summed E-state index contributed by atoms with van der Waals surface area (Å²) >= 11 is 5.84. The summed E-state index contributed by atoms with van der Waals surface area (Å²) in [5, 5.41) is 14.6. The molecule has 0 radical (unpaired) electrons. The van der Waals surface area contributed by atoms with Crippen LogP contribution in [0.4, 0.5) is 14.6 Å². The predicted molar refractivity (Wildman–Crippen MR) is 126 cm³/mol. The Balaban J connectivity index is 1.33. The number of nitrogens with two attached hydrogens (primary N) is 2. The number of nitrogens with one attached hydrogen (secondary N) is 2. The highest BCUT2D eigenvalue weighted by Crippen LogP contribution is 2.14. The third-order valence-electron chi connectivity index (χ3n) is 5.15. The molecule has 1 aromatic heterocycles. The summed E-state index contributed by atoms with van der Waals surface area (Å²) in [7, 11) is 0. The fourth-order valence-corrected chi connectivity index (χ4v) is 3.51. The van der Waals surface area contributed by atoms with Crippen LogP contribution in [0, 0.1) is 5.82 Å². The van der Waals surface area contributed by atoms with Gasteiger partial charge in [0.15, 0.2) is 5.82 Å². The normalized spacial score (nSPS) is 14.5. The van der Waals surface area contributed by atoms with E-state index in [0.717, 1.165) is 0 Å². The number of carbonyl (C=O) groups is 2. The molecular formula is C21H28ClF2N9O2. The van der Waals surface area contributed by atoms with Gasteiger partial charge in [-0.05, 0) is 31.0 Å². The number of aromatic nitrogens is 3. The van der Waals surface area contributed by atoms with Crippen molar-refractivity contribution in [1.82, 2.24) is 30.2 Å². The van der Waals surface area contributed by atoms with Gasteiger partial charge in [0.25, 0.3) is 5.91 Å². The van der Waals surface area contributed by atoms with E-state index in [1.165, 1.54) is 29.4 Å². The Bertz CT molecular complexity index is 1060. The molecule has 0 saturated carbocycles. The van der Waals surface area contributed by atoms with Gasteiger partial charge in [0.05, 0.1) is 12.7 Å². The topological polar surface area (TPSA) is 147 Å². The van der Waals surface area contributed by atoms with Gasteiger partial charge in [0.2, 0.25) is 5.91 Å². The molecule has 2 heterocycles. The van der Waals surface area contributed by atoms with Crippen molar-refractivity contribution in [1.29, 1.82) is 0 Å². The number of hydrazine groups is 1. The van der Waals surface area contributed by atoms with E-state index in [1.54, 1.807) is 15.8 Å². The maximum atomic E-state index is 13.7. The number of likely N-dealkylation sites (tertiary alicyclic amines) is 1. The Hall–Kier alpha value is -3.29. The molecule has 3 rings (SSSR count). The molecule has 0 bridgehead atoms. The van der Waals surface area contributed by atoms with Gasteiger partial charge < -0.3 is 21.4 Å². The average molecular weight is 512 g/mol. The largest absolute Gasteiger partial charge is 0.393 e. The number of rotatable bonds is 12. The number of alkyl halides is 1. The summed E-state index contributed by atoms with van der Waals surface area (Å²) in [6.45, 7) is 1.55. The zero-order valence-electron chi connectivity index (χ0n) is 19.0. The third-order valence-corrected chi connectivity index (χ3v) is 5.39. The van der Waals surface area contributed by atoms with Crippen LogP contribution in [0.15, 0.2) is 36.3 Å². The van der Waals surface area contributed by atoms with Crippen LogP contribution in [0.1, 0.15) is 18.4 Å². The first-order valence-electron chi connectivity index (χ1n) is 11.0. The van der Waals surface area contributed by atoms with Gasteiger partial charge in [-0.15, -0.1) is 5.10 Å². The molecule has 190 valence electrons. The lowest BCUT2D eigenvalue weighted by Crippen LogP contribution is -2.51. The fourth-order valence-electron chi connectivity index (χ4n) is 3.31. The first-order valence-corrected chi connectivity index (χ1v) is 11.3. The molecule has 1 aromatic carbocycles. The number of amides is 2. The van der Waals surface area contributed by atoms with Crippen LogP contribution in [0.2, 0.25) is 5.02 Å². The quantitative estimate of drug-likeness (QED) is 0.141. The minimum absolute atomic E-state index is 0.0684. The molecule has 1 aliphatic heterocycles. The smallest absolute Gasteiger partial charge is 0.268 e. The van der Waals surface area contributed by atoms with Crippen LogP contribution >= 0.6 is 11.6 Å². The number of hydrogen-bond donors (Lipinski definition) is 4. The van der Waals surface area contributed by atoms with Crippen molar-refractivity contribution in [2.75, 3.05) is 31.5 Å². The van der Waals surface area contributed by atoms with Crippen molar-refractivity contribution in [2.24, 2.45) is 11.6 Å². The van der Waals surface area contributed by atoms with E-state index >= 15 is 0 Å². The van der Waals surface area contributed by atoms with Crippen LogP contribution in [-0.4, -0.2) is 69.1 Å². The molecule has 1 saturated heterocycles. The maximum absolute atomic E-state index is 13.7. The van der Waals surface area contributed by atoms with Crippen molar-refractivity contribution in [2.45, 2.75) is 32.1 Å². The number of unbranched alkanes of at least 4 members (excludes halogenated alkanes) is 1. The second-order valence-electron chi connectivity index (χ2n) is 8.15. The summed E-state index contributed by atoms with van der Waals surface area (Å²) in [6.07, 6.45) is 3.41. The van der Waals surface area contributed by atoms with Gasteiger partial charge in [-0.25, -0.2) is 14.6 Å². The molecule has 0 atom stereocenters. The van der Waals surface area contributed by atoms with Gasteiger partial charge in [0, 0.05) is 49.5 Å². The Labute approximate surface area is 206 Å². The molecular weight excluding hydrogens is 484 g/mol. The molecule has 11 nitrogen and oxygen atoms in total. The van der Waals surface area contributed by atoms with Gasteiger partial charge in [-0.1, -0.05) is 16.8 Å². The average Bonchev–Trinajstić information content (AvgIpc) is 3.23. The standard InChI is InChI=1S/C21H28ClF2N9O2/c22-15-3-4-17(24)14(7-15)8-27-21(35)18(25)11-32(26)5-1-2-6-33-12-19(29-30-33)28-20(34)13-31-9-16(23)10-31/h3-4,7,11-12,16H,1-2,5-6,8-10,13,25-26H2,(H,27,35)(H,28,34)/b18-11-. The van der Waals surface area contributed by atoms with E-state index in [1.807, 2.05) is 0 Å². The lowest BCUT2D eigenvalue weighted by atomic mass is 10.2. The summed E-state index contributed by atoms with van der Waals surface area (Å²) in [4.78, 5) is 25.7. The number of hydrogen-bond acceptors (Lipinski definition) is 8. The second-order valence-corrected chi connectivity index (χ2v) is 8.59. The fraction of sp³-hybridized carbons (Fsp3) is 0.429. The molecule has 6 N–H and O–H groups in total. The van der Waals surface area contributed by atoms with Crippen molar-refractivity contribution in [3.05, 3.63) is 52.7 Å². The molecule has 2 amide bonds. The SMILES string of the molecule is N/C(=C\N(N)CCCCn1cc(NC(=O)CN2CC(F)C2)nn1)C(=O)NCc1cc(Cl)ccc1F. The second kappa shape index (κ2) is 12.4. The third kappa shape index (κ3) is 8.46. The number of anilines is 1. The lowest BCUT2D eigenvalue weighted by Gasteiger charge is -2.33. The van der Waals surface area contributed by atoms with Gasteiger partial charge in [-0.2, -0.15) is 0 Å². The molecule has 2 aromatic rings. The van der Waals surface area contributed by atoms with Gasteiger partial charge in [0.1, 0.15) is 17.7 Å². The molecule has 1 aliphatic rings. The summed E-state index contributed by atoms with van der Waals surface area (Å²) in [5.74, 6) is 4.86. The Morgan fingerprint density at radius 1 is 1.31 bits per heavy atom. The summed E-state index contributed by atoms with van der Waals surface area (Å²) < 4.78 is 28.1. The zero-order chi connectivity index (χ0) is 25.4. The molecule has 1 fully saturated rings. The Morgan fingerprint density at radius 2 is 2.09 bits per heavy atom. The van der Waals surface area contributed by atoms with Crippen LogP contribution < -0.4 is 22.2 Å². The highest BCUT2D eigenvalue weighted by Gasteiger charge is 2.27. The highest BCUT2D eigenvalue weighted by atomic mass is 35.5. The van der Waals surface area contributed by atoms with Crippen molar-refractivity contribution in [3.8, 4) is 0 Å². The van der Waals surface area contributed by atoms with Crippen LogP contribution in [0.25, 0.3) is 0 Å². The van der Waals surface area contributed by atoms with E-state index in [-0.39, 0.29) is 43.3 Å². The molecule has 35 heavy (non-hydrogen) atoms. The molecule has 14 heteroatoms. The summed E-state index contributed by atoms with van der Waals surface area (Å²) in [6, 6.07) is 4.06. The van der Waals surface area contributed by atoms with Crippen molar-refractivity contribution < 1.29 is 18.4 Å². The van der Waals surface area contributed by atoms with E-state index in [0.29, 0.717) is 36.8 Å². The van der Waals surface area contributed by atoms with E-state index < -0.39 is 17.9 Å². The maximum Gasteiger partial charge on any atom is 0.268 e. The lowest BCUT2D eigenvalue weighted by molar-refractivity contribution is -0.119. The Morgan fingerprint density at radius 3 is 2.83 bits per heavy atom. The van der Waals surface area contributed by atoms with Gasteiger partial charge in [-0.3, -0.25) is 19.2 Å². The number of benzene rings is 1. The van der Waals surface area contributed by atoms with Crippen molar-refractivity contribution in [3.63, 3.8) is 0 Å². The number of carbonyl (C=O) groups excluding carboxylic acids is 2. The minimum Gasteiger partial charge on any atom is -0.393 e. The monoisotopic (exact) mass is 511 g/mol. The zero-order valence-corrected chi connectivity index (χ0v) is 19.7. The first kappa shape index (κ1) is 26.3. The molecule has 0 aliphatic carbocycles. The van der Waals surface area contributed by atoms with Gasteiger partial charge >= 0.3 is 0 Å². The van der Waals surface area contributed by atoms with E-state index in [4.69, 9.17) is 23.2 Å². The molecule has 0 unspecified atom stereocenters. The van der Waals surface area contributed by atoms with Crippen LogP contribution in [-0.2, 0) is 22.7 Å². The van der Waals surface area contributed by atoms with Crippen molar-refractivity contribution >= 4 is 29.2 Å². The number of aryl methyl sites for hydroxylation is 1. The van der Waals surface area contributed by atoms with E-state index in [9.17, 15) is 18.4 Å². The highest BCUT2D eigenvalue weighted by molar-refractivity contribution is 6.30.